The molecule has 0 aliphatic heterocycles. The van der Waals surface area contributed by atoms with Gasteiger partial charge in [-0.2, -0.15) is 10.2 Å². The van der Waals surface area contributed by atoms with Crippen molar-refractivity contribution in [2.45, 2.75) is 13.5 Å². The Balaban J connectivity index is 1.42. The fourth-order valence-corrected chi connectivity index (χ4v) is 3.81. The number of hydrazone groups is 1. The van der Waals surface area contributed by atoms with Crippen LogP contribution in [0.5, 0.6) is 0 Å². The molecule has 0 atom stereocenters. The van der Waals surface area contributed by atoms with Gasteiger partial charge in [-0.05, 0) is 36.2 Å². The molecule has 0 aliphatic rings. The van der Waals surface area contributed by atoms with Crippen LogP contribution in [0.1, 0.15) is 28.5 Å². The van der Waals surface area contributed by atoms with E-state index in [0.717, 1.165) is 16.8 Å². The third-order valence-corrected chi connectivity index (χ3v) is 5.67. The van der Waals surface area contributed by atoms with E-state index in [4.69, 9.17) is 0 Å². The average Bonchev–Trinajstić information content (AvgIpc) is 3.45. The number of aromatic nitrogens is 4. The van der Waals surface area contributed by atoms with Gasteiger partial charge in [-0.3, -0.25) is 9.59 Å². The lowest BCUT2D eigenvalue weighted by molar-refractivity contribution is 0.0949. The fraction of sp³-hybridized carbons (Fsp3) is 0.0741. The van der Waals surface area contributed by atoms with Crippen molar-refractivity contribution in [3.05, 3.63) is 125 Å². The predicted octanol–water partition coefficient (Wildman–Crippen LogP) is 3.78. The van der Waals surface area contributed by atoms with Crippen LogP contribution in [0.2, 0.25) is 0 Å². The first-order chi connectivity index (χ1) is 17.1. The summed E-state index contributed by atoms with van der Waals surface area (Å²) in [6.45, 7) is 2.07. The van der Waals surface area contributed by atoms with E-state index in [2.05, 4.69) is 20.6 Å². The molecule has 8 heteroatoms. The molecular formula is C27H22N6O2. The second-order valence-electron chi connectivity index (χ2n) is 8.00. The van der Waals surface area contributed by atoms with Crippen LogP contribution in [0.15, 0.2) is 107 Å². The molecule has 2 heterocycles. The van der Waals surface area contributed by atoms with E-state index in [1.54, 1.807) is 36.8 Å². The van der Waals surface area contributed by atoms with Gasteiger partial charge in [0.2, 0.25) is 0 Å². The number of benzene rings is 3. The van der Waals surface area contributed by atoms with Crippen LogP contribution >= 0.6 is 0 Å². The highest BCUT2D eigenvalue weighted by Crippen LogP contribution is 2.14. The number of carbonyl (C=O) groups is 1. The summed E-state index contributed by atoms with van der Waals surface area (Å²) in [5.41, 5.74) is 5.87. The van der Waals surface area contributed by atoms with Crippen molar-refractivity contribution >= 4 is 22.4 Å². The third-order valence-electron chi connectivity index (χ3n) is 5.67. The smallest absolute Gasteiger partial charge is 0.292 e. The van der Waals surface area contributed by atoms with Gasteiger partial charge >= 0.3 is 0 Å². The monoisotopic (exact) mass is 462 g/mol. The molecule has 8 nitrogen and oxygen atoms in total. The van der Waals surface area contributed by atoms with Gasteiger partial charge in [0.25, 0.3) is 11.5 Å². The molecule has 5 aromatic rings. The summed E-state index contributed by atoms with van der Waals surface area (Å²) in [5, 5.41) is 9.59. The SMILES string of the molecule is C/C(=N\NC(=O)c1nn(Cc2ccccc2)c(=O)c2ccccc12)c1ccc(-n2ccnc2)cc1. The zero-order valence-electron chi connectivity index (χ0n) is 19.0. The van der Waals surface area contributed by atoms with Crippen LogP contribution in [0.25, 0.3) is 16.5 Å². The van der Waals surface area contributed by atoms with Crippen LogP contribution < -0.4 is 11.0 Å². The Labute approximate surface area is 201 Å². The standard InChI is InChI=1S/C27H22N6O2/c1-19(21-11-13-22(14-12-21)32-16-15-28-18-32)29-30-26(34)25-23-9-5-6-10-24(23)27(35)33(31-25)17-20-7-3-2-4-8-20/h2-16,18H,17H2,1H3,(H,30,34)/b29-19+. The molecule has 172 valence electrons. The molecule has 0 radical (unpaired) electrons. The van der Waals surface area contributed by atoms with Crippen LogP contribution in [0, 0.1) is 0 Å². The number of nitrogens with zero attached hydrogens (tertiary/aromatic N) is 5. The summed E-state index contributed by atoms with van der Waals surface area (Å²) >= 11 is 0. The molecule has 0 fully saturated rings. The topological polar surface area (TPSA) is 94.2 Å². The van der Waals surface area contributed by atoms with Crippen LogP contribution in [-0.4, -0.2) is 31.0 Å². The van der Waals surface area contributed by atoms with Crippen molar-refractivity contribution in [1.29, 1.82) is 0 Å². The molecule has 1 amide bonds. The van der Waals surface area contributed by atoms with E-state index in [1.165, 1.54) is 4.68 Å². The maximum atomic E-state index is 13.1. The van der Waals surface area contributed by atoms with Gasteiger partial charge in [0.15, 0.2) is 5.69 Å². The molecule has 0 spiro atoms. The second-order valence-corrected chi connectivity index (χ2v) is 8.00. The van der Waals surface area contributed by atoms with E-state index < -0.39 is 5.91 Å². The number of nitrogens with one attached hydrogen (secondary N) is 1. The summed E-state index contributed by atoms with van der Waals surface area (Å²) in [4.78, 5) is 30.2. The quantitative estimate of drug-likeness (QED) is 0.307. The van der Waals surface area contributed by atoms with Gasteiger partial charge in [-0.25, -0.2) is 15.1 Å². The molecule has 35 heavy (non-hydrogen) atoms. The summed E-state index contributed by atoms with van der Waals surface area (Å²) in [5.74, 6) is -0.489. The molecule has 1 N–H and O–H groups in total. The Kier molecular flexibility index (Phi) is 6.00. The average molecular weight is 463 g/mol. The number of carbonyl (C=O) groups excluding carboxylic acids is 1. The normalized spacial score (nSPS) is 11.5. The number of fused-ring (bicyclic) bond motifs is 1. The number of hydrogen-bond donors (Lipinski definition) is 1. The van der Waals surface area contributed by atoms with E-state index in [0.29, 0.717) is 16.5 Å². The van der Waals surface area contributed by atoms with E-state index in [-0.39, 0.29) is 17.8 Å². The minimum atomic E-state index is -0.489. The molecule has 3 aromatic carbocycles. The fourth-order valence-electron chi connectivity index (χ4n) is 3.81. The molecule has 0 aliphatic carbocycles. The van der Waals surface area contributed by atoms with Crippen molar-refractivity contribution in [2.75, 3.05) is 0 Å². The summed E-state index contributed by atoms with van der Waals surface area (Å²) in [6, 6.07) is 24.2. The lowest BCUT2D eigenvalue weighted by Crippen LogP contribution is -2.29. The van der Waals surface area contributed by atoms with E-state index in [9.17, 15) is 9.59 Å². The van der Waals surface area contributed by atoms with Gasteiger partial charge in [0.1, 0.15) is 0 Å². The van der Waals surface area contributed by atoms with Crippen LogP contribution in [0.3, 0.4) is 0 Å². The summed E-state index contributed by atoms with van der Waals surface area (Å²) < 4.78 is 3.22. The van der Waals surface area contributed by atoms with Crippen LogP contribution in [0.4, 0.5) is 0 Å². The first kappa shape index (κ1) is 22.0. The highest BCUT2D eigenvalue weighted by Gasteiger charge is 2.17. The van der Waals surface area contributed by atoms with Crippen molar-refractivity contribution in [3.63, 3.8) is 0 Å². The van der Waals surface area contributed by atoms with Crippen molar-refractivity contribution in [1.82, 2.24) is 24.8 Å². The Morgan fingerprint density at radius 3 is 2.37 bits per heavy atom. The maximum absolute atomic E-state index is 13.1. The predicted molar refractivity (Wildman–Crippen MR) is 135 cm³/mol. The first-order valence-corrected chi connectivity index (χ1v) is 11.1. The zero-order valence-corrected chi connectivity index (χ0v) is 19.0. The van der Waals surface area contributed by atoms with Crippen molar-refractivity contribution in [3.8, 4) is 5.69 Å². The molecule has 0 bridgehead atoms. The number of amides is 1. The lowest BCUT2D eigenvalue weighted by Gasteiger charge is -2.11. The number of hydrogen-bond acceptors (Lipinski definition) is 5. The second kappa shape index (κ2) is 9.56. The van der Waals surface area contributed by atoms with Gasteiger partial charge in [0, 0.05) is 23.5 Å². The molecule has 0 saturated heterocycles. The van der Waals surface area contributed by atoms with Gasteiger partial charge in [-0.1, -0.05) is 60.7 Å². The first-order valence-electron chi connectivity index (χ1n) is 11.1. The number of imidazole rings is 1. The lowest BCUT2D eigenvalue weighted by atomic mass is 10.1. The highest BCUT2D eigenvalue weighted by molar-refractivity contribution is 6.06. The molecule has 2 aromatic heterocycles. The van der Waals surface area contributed by atoms with E-state index in [1.807, 2.05) is 72.3 Å². The number of rotatable bonds is 6. The Morgan fingerprint density at radius 2 is 1.66 bits per heavy atom. The Bertz CT molecular complexity index is 1570. The van der Waals surface area contributed by atoms with Crippen molar-refractivity contribution < 1.29 is 4.79 Å². The zero-order chi connectivity index (χ0) is 24.2. The van der Waals surface area contributed by atoms with Crippen molar-refractivity contribution in [2.24, 2.45) is 5.10 Å². The minimum absolute atomic E-state index is 0.142. The third kappa shape index (κ3) is 4.63. The van der Waals surface area contributed by atoms with Gasteiger partial charge < -0.3 is 4.57 Å². The van der Waals surface area contributed by atoms with Gasteiger partial charge in [0.05, 0.1) is 24.0 Å². The Hall–Kier alpha value is -4.85. The summed E-state index contributed by atoms with van der Waals surface area (Å²) in [7, 11) is 0. The van der Waals surface area contributed by atoms with Crippen LogP contribution in [-0.2, 0) is 6.54 Å². The minimum Gasteiger partial charge on any atom is -0.306 e. The summed E-state index contributed by atoms with van der Waals surface area (Å²) in [6.07, 6.45) is 5.31. The maximum Gasteiger partial charge on any atom is 0.292 e. The molecule has 0 saturated carbocycles. The van der Waals surface area contributed by atoms with Gasteiger partial charge in [-0.15, -0.1) is 0 Å². The molecule has 0 unspecified atom stereocenters. The van der Waals surface area contributed by atoms with E-state index >= 15 is 0 Å². The highest BCUT2D eigenvalue weighted by atomic mass is 16.2. The molecule has 5 rings (SSSR count). The molecular weight excluding hydrogens is 440 g/mol. The Morgan fingerprint density at radius 1 is 0.943 bits per heavy atom. The largest absolute Gasteiger partial charge is 0.306 e.